The van der Waals surface area contributed by atoms with E-state index in [0.29, 0.717) is 0 Å². The van der Waals surface area contributed by atoms with Gasteiger partial charge in [0.2, 0.25) is 0 Å². The van der Waals surface area contributed by atoms with Gasteiger partial charge in [0.25, 0.3) is 0 Å². The normalized spacial score (nSPS) is 47.5. The van der Waals surface area contributed by atoms with Crippen LogP contribution >= 0.6 is 0 Å². The van der Waals surface area contributed by atoms with Crippen LogP contribution in [0.25, 0.3) is 0 Å². The van der Waals surface area contributed by atoms with Gasteiger partial charge in [-0.2, -0.15) is 0 Å². The molecule has 0 aliphatic carbocycles. The van der Waals surface area contributed by atoms with E-state index in [1.807, 2.05) is 0 Å². The van der Waals surface area contributed by atoms with Crippen LogP contribution in [-0.2, 0) is 36.8 Å². The molecular formula is C12H22FeO12. The van der Waals surface area contributed by atoms with Gasteiger partial charge in [0.15, 0.2) is 12.6 Å². The number of hydrogen-bond acceptors (Lipinski definition) is 11. The minimum Gasteiger partial charge on any atom is -2.00 e. The summed E-state index contributed by atoms with van der Waals surface area (Å²) < 4.78 is 15.3. The summed E-state index contributed by atoms with van der Waals surface area (Å²) in [5.41, 5.74) is 0. The topological polar surface area (TPSA) is 218 Å². The predicted molar refractivity (Wildman–Crippen MR) is 69.3 cm³/mol. The minimum atomic E-state index is -1.74. The molecule has 13 heteroatoms. The molecule has 0 bridgehead atoms. The Morgan fingerprint density at radius 2 is 1.24 bits per heavy atom. The van der Waals surface area contributed by atoms with Crippen LogP contribution in [0, 0.1) is 0 Å². The maximum Gasteiger partial charge on any atom is 2.00 e. The average Bonchev–Trinajstić information content (AvgIpc) is 2.55. The molecule has 0 spiro atoms. The molecule has 150 valence electrons. The second-order valence-corrected chi connectivity index (χ2v) is 5.53. The molecule has 0 saturated carbocycles. The van der Waals surface area contributed by atoms with Crippen LogP contribution in [0.2, 0.25) is 0 Å². The van der Waals surface area contributed by atoms with Crippen LogP contribution < -0.4 is 0 Å². The van der Waals surface area contributed by atoms with E-state index < -0.39 is 74.6 Å². The number of ether oxygens (including phenoxy) is 3. The van der Waals surface area contributed by atoms with E-state index >= 15 is 0 Å². The Labute approximate surface area is 153 Å². The molecular weight excluding hydrogens is 392 g/mol. The summed E-state index contributed by atoms with van der Waals surface area (Å²) in [6.45, 7) is -1.35. The monoisotopic (exact) mass is 414 g/mol. The molecule has 10 atom stereocenters. The fourth-order valence-corrected chi connectivity index (χ4v) is 2.57. The molecule has 1 unspecified atom stereocenters. The molecule has 2 aliphatic rings. The summed E-state index contributed by atoms with van der Waals surface area (Å²) in [6, 6.07) is 0. The first-order valence-electron chi connectivity index (χ1n) is 7.08. The molecule has 12 nitrogen and oxygen atoms in total. The molecule has 0 amide bonds. The maximum absolute atomic E-state index is 9.94. The van der Waals surface area contributed by atoms with Gasteiger partial charge < -0.3 is 60.5 Å². The number of aliphatic hydroxyl groups excluding tert-OH is 8. The van der Waals surface area contributed by atoms with Gasteiger partial charge in [0.1, 0.15) is 48.8 Å². The van der Waals surface area contributed by atoms with E-state index in [0.717, 1.165) is 0 Å². The first-order chi connectivity index (χ1) is 10.8. The van der Waals surface area contributed by atoms with Crippen molar-refractivity contribution in [1.82, 2.24) is 0 Å². The zero-order chi connectivity index (χ0) is 17.3. The Bertz CT molecular complexity index is 385. The fourth-order valence-electron chi connectivity index (χ4n) is 2.57. The van der Waals surface area contributed by atoms with E-state index in [4.69, 9.17) is 19.3 Å². The fraction of sp³-hybridized carbons (Fsp3) is 1.00. The average molecular weight is 414 g/mol. The molecule has 0 radical (unpaired) electrons. The smallest absolute Gasteiger partial charge is 2.00 e. The van der Waals surface area contributed by atoms with Crippen LogP contribution in [0.3, 0.4) is 0 Å². The summed E-state index contributed by atoms with van der Waals surface area (Å²) in [5.74, 6) is 0. The van der Waals surface area contributed by atoms with E-state index in [1.54, 1.807) is 0 Å². The standard InChI is InChI=1S/C12H22O11.Fe.O/c13-1-3-5(15)6(16)9(19)12(22-3)23-10-4(2-14)21-11(20)8(18)7(10)17;;/h3-20H,1-2H2;;/q;+2;-2/t3-,4-,5+,6+,7-,8-,9-,10-,11?,12+;;/m1../s1. The molecule has 8 N–H and O–H groups in total. The third-order valence-electron chi connectivity index (χ3n) is 3.98. The van der Waals surface area contributed by atoms with Crippen molar-refractivity contribution in [3.8, 4) is 0 Å². The Morgan fingerprint density at radius 1 is 0.680 bits per heavy atom. The van der Waals surface area contributed by atoms with Crippen molar-refractivity contribution in [3.63, 3.8) is 0 Å². The Morgan fingerprint density at radius 3 is 1.76 bits per heavy atom. The largest absolute Gasteiger partial charge is 2.00 e. The summed E-state index contributed by atoms with van der Waals surface area (Å²) in [6.07, 6.45) is -15.6. The van der Waals surface area contributed by atoms with Gasteiger partial charge in [-0.25, -0.2) is 0 Å². The third kappa shape index (κ3) is 5.06. The van der Waals surface area contributed by atoms with Gasteiger partial charge in [0.05, 0.1) is 13.2 Å². The van der Waals surface area contributed by atoms with Gasteiger partial charge in [-0.3, -0.25) is 0 Å². The summed E-state index contributed by atoms with van der Waals surface area (Å²) in [5, 5.41) is 76.5. The van der Waals surface area contributed by atoms with E-state index in [-0.39, 0.29) is 22.5 Å². The second kappa shape index (κ2) is 10.4. The van der Waals surface area contributed by atoms with Crippen molar-refractivity contribution in [1.29, 1.82) is 0 Å². The van der Waals surface area contributed by atoms with Crippen molar-refractivity contribution in [3.05, 3.63) is 0 Å². The maximum atomic E-state index is 9.94. The van der Waals surface area contributed by atoms with Crippen molar-refractivity contribution < 1.29 is 77.6 Å². The van der Waals surface area contributed by atoms with Crippen molar-refractivity contribution in [2.75, 3.05) is 13.2 Å². The molecule has 2 heterocycles. The molecule has 0 aromatic rings. The molecule has 0 aromatic carbocycles. The molecule has 25 heavy (non-hydrogen) atoms. The predicted octanol–water partition coefficient (Wildman–Crippen LogP) is -5.52. The zero-order valence-electron chi connectivity index (χ0n) is 12.8. The summed E-state index contributed by atoms with van der Waals surface area (Å²) in [4.78, 5) is 0. The first kappa shape index (κ1) is 25.0. The number of rotatable bonds is 4. The van der Waals surface area contributed by atoms with Gasteiger partial charge in [-0.15, -0.1) is 0 Å². The molecule has 2 rings (SSSR count). The second-order valence-electron chi connectivity index (χ2n) is 5.53. The quantitative estimate of drug-likeness (QED) is 0.203. The van der Waals surface area contributed by atoms with Crippen LogP contribution in [0.1, 0.15) is 0 Å². The van der Waals surface area contributed by atoms with Crippen molar-refractivity contribution in [2.24, 2.45) is 0 Å². The van der Waals surface area contributed by atoms with E-state index in [1.165, 1.54) is 0 Å². The Hall–Kier alpha value is 0.0395. The Kier molecular flexibility index (Phi) is 10.4. The SMILES string of the molecule is OC[C@H]1O[C@@H](O[C@H]2[C@H](O)[C@@H](O)C(O)O[C@@H]2CO)[C@H](O)[C@@H](O)[C@H]1O.[Fe+2].[O-2]. The van der Waals surface area contributed by atoms with Gasteiger partial charge in [0, 0.05) is 0 Å². The van der Waals surface area contributed by atoms with E-state index in [9.17, 15) is 35.7 Å². The van der Waals surface area contributed by atoms with Crippen LogP contribution in [0.4, 0.5) is 0 Å². The molecule has 2 aliphatic heterocycles. The number of hydrogen-bond donors (Lipinski definition) is 8. The summed E-state index contributed by atoms with van der Waals surface area (Å²) in [7, 11) is 0. The third-order valence-corrected chi connectivity index (χ3v) is 3.98. The molecule has 2 fully saturated rings. The van der Waals surface area contributed by atoms with Gasteiger partial charge in [-0.1, -0.05) is 0 Å². The van der Waals surface area contributed by atoms with Crippen LogP contribution in [0.15, 0.2) is 0 Å². The Balaban J connectivity index is 0.00000288. The van der Waals surface area contributed by atoms with Gasteiger partial charge >= 0.3 is 17.1 Å². The minimum absolute atomic E-state index is 0. The molecule has 0 aromatic heterocycles. The summed E-state index contributed by atoms with van der Waals surface area (Å²) >= 11 is 0. The first-order valence-corrected chi connectivity index (χ1v) is 7.08. The molecule has 2 saturated heterocycles. The van der Waals surface area contributed by atoms with E-state index in [2.05, 4.69) is 0 Å². The van der Waals surface area contributed by atoms with Crippen LogP contribution in [-0.4, -0.2) is 115 Å². The van der Waals surface area contributed by atoms with Gasteiger partial charge in [-0.05, 0) is 0 Å². The van der Waals surface area contributed by atoms with Crippen LogP contribution in [0.5, 0.6) is 0 Å². The number of aliphatic hydroxyl groups is 8. The van der Waals surface area contributed by atoms with Crippen molar-refractivity contribution >= 4 is 0 Å². The zero-order valence-corrected chi connectivity index (χ0v) is 13.9. The van der Waals surface area contributed by atoms with Crippen molar-refractivity contribution in [2.45, 2.75) is 61.4 Å².